The number of imidazole rings is 1. The zero-order valence-corrected chi connectivity index (χ0v) is 20.0. The van der Waals surface area contributed by atoms with Gasteiger partial charge in [0.05, 0.1) is 12.1 Å². The van der Waals surface area contributed by atoms with Crippen LogP contribution in [0.2, 0.25) is 0 Å². The molecule has 0 spiro atoms. The number of rotatable bonds is 6. The van der Waals surface area contributed by atoms with Gasteiger partial charge in [-0.2, -0.15) is 0 Å². The maximum atomic E-state index is 13.6. The van der Waals surface area contributed by atoms with Gasteiger partial charge in [0, 0.05) is 29.8 Å². The SMILES string of the molecule is O=C(Nc1cccc(-n2c(=O)c(CC(=O)c3ncc[nH]3)nc3cccnc32)c1)c1ccc2ccccc2c1. The van der Waals surface area contributed by atoms with Crippen molar-refractivity contribution in [2.45, 2.75) is 6.42 Å². The maximum Gasteiger partial charge on any atom is 0.278 e. The number of hydrogen-bond donors (Lipinski definition) is 2. The number of nitrogens with one attached hydrogen (secondary N) is 2. The molecule has 6 rings (SSSR count). The van der Waals surface area contributed by atoms with E-state index in [1.807, 2.05) is 36.4 Å². The number of ketones is 1. The molecule has 0 saturated heterocycles. The fourth-order valence-corrected chi connectivity index (χ4v) is 4.33. The molecule has 9 heteroatoms. The lowest BCUT2D eigenvalue weighted by atomic mass is 10.1. The molecule has 1 amide bonds. The van der Waals surface area contributed by atoms with Crippen molar-refractivity contribution in [3.63, 3.8) is 0 Å². The Labute approximate surface area is 215 Å². The predicted molar refractivity (Wildman–Crippen MR) is 144 cm³/mol. The van der Waals surface area contributed by atoms with Gasteiger partial charge in [0.2, 0.25) is 5.78 Å². The Hall–Kier alpha value is -5.44. The molecule has 0 radical (unpaired) electrons. The molecule has 0 saturated carbocycles. The number of benzene rings is 3. The normalized spacial score (nSPS) is 11.1. The average molecular weight is 501 g/mol. The van der Waals surface area contributed by atoms with Crippen molar-refractivity contribution in [3.8, 4) is 5.69 Å². The van der Waals surface area contributed by atoms with Crippen molar-refractivity contribution in [3.05, 3.63) is 125 Å². The van der Waals surface area contributed by atoms with Gasteiger partial charge >= 0.3 is 0 Å². The lowest BCUT2D eigenvalue weighted by Crippen LogP contribution is -2.27. The second-order valence-electron chi connectivity index (χ2n) is 8.65. The minimum Gasteiger partial charge on any atom is -0.342 e. The number of Topliss-reactive ketones (excluding diaryl/α,β-unsaturated/α-hetero) is 1. The highest BCUT2D eigenvalue weighted by atomic mass is 16.2. The van der Waals surface area contributed by atoms with Gasteiger partial charge in [-0.15, -0.1) is 0 Å². The van der Waals surface area contributed by atoms with E-state index >= 15 is 0 Å². The van der Waals surface area contributed by atoms with Crippen LogP contribution in [0.3, 0.4) is 0 Å². The Morgan fingerprint density at radius 2 is 1.74 bits per heavy atom. The van der Waals surface area contributed by atoms with E-state index in [1.54, 1.807) is 54.9 Å². The lowest BCUT2D eigenvalue weighted by molar-refractivity contribution is 0.0981. The van der Waals surface area contributed by atoms with E-state index in [0.29, 0.717) is 28.1 Å². The fourth-order valence-electron chi connectivity index (χ4n) is 4.33. The highest BCUT2D eigenvalue weighted by Gasteiger charge is 2.18. The molecule has 0 aliphatic heterocycles. The van der Waals surface area contributed by atoms with E-state index in [1.165, 1.54) is 10.8 Å². The summed E-state index contributed by atoms with van der Waals surface area (Å²) in [5.41, 5.74) is 1.88. The average Bonchev–Trinajstić information content (AvgIpc) is 3.49. The lowest BCUT2D eigenvalue weighted by Gasteiger charge is -2.13. The maximum absolute atomic E-state index is 13.6. The minimum absolute atomic E-state index is 0.0671. The van der Waals surface area contributed by atoms with E-state index in [0.717, 1.165) is 10.8 Å². The number of carbonyl (C=O) groups excluding carboxylic acids is 2. The van der Waals surface area contributed by atoms with Gasteiger partial charge in [0.1, 0.15) is 11.2 Å². The first-order valence-electron chi connectivity index (χ1n) is 11.9. The quantitative estimate of drug-likeness (QED) is 0.328. The molecule has 0 unspecified atom stereocenters. The summed E-state index contributed by atoms with van der Waals surface area (Å²) in [4.78, 5) is 54.8. The third-order valence-corrected chi connectivity index (χ3v) is 6.15. The molecule has 38 heavy (non-hydrogen) atoms. The highest BCUT2D eigenvalue weighted by molar-refractivity contribution is 6.06. The van der Waals surface area contributed by atoms with Crippen LogP contribution in [0, 0.1) is 0 Å². The largest absolute Gasteiger partial charge is 0.342 e. The number of pyridine rings is 1. The standard InChI is InChI=1S/C29H20N6O3/c36-25(26-30-13-14-31-26)17-24-29(38)35(27-23(34-24)9-4-12-32-27)22-8-3-7-21(16-22)33-28(37)20-11-10-18-5-1-2-6-19(18)15-20/h1-16H,17H2,(H,30,31)(H,33,37). The summed E-state index contributed by atoms with van der Waals surface area (Å²) in [6.45, 7) is 0. The first-order chi connectivity index (χ1) is 18.6. The smallest absolute Gasteiger partial charge is 0.278 e. The van der Waals surface area contributed by atoms with E-state index in [2.05, 4.69) is 25.3 Å². The molecule has 3 aromatic heterocycles. The van der Waals surface area contributed by atoms with Crippen LogP contribution < -0.4 is 10.9 Å². The number of aromatic amines is 1. The first-order valence-corrected chi connectivity index (χ1v) is 11.9. The molecule has 0 aliphatic rings. The minimum atomic E-state index is -0.478. The molecular weight excluding hydrogens is 480 g/mol. The molecule has 3 heterocycles. The Morgan fingerprint density at radius 3 is 2.58 bits per heavy atom. The first kappa shape index (κ1) is 23.0. The monoisotopic (exact) mass is 500 g/mol. The van der Waals surface area contributed by atoms with Crippen molar-refractivity contribution in [1.82, 2.24) is 24.5 Å². The second-order valence-corrected chi connectivity index (χ2v) is 8.65. The summed E-state index contributed by atoms with van der Waals surface area (Å²) < 4.78 is 1.40. The fraction of sp³-hybridized carbons (Fsp3) is 0.0345. The summed E-state index contributed by atoms with van der Waals surface area (Å²) in [5.74, 6) is -0.476. The number of hydrogen-bond acceptors (Lipinski definition) is 6. The number of anilines is 1. The van der Waals surface area contributed by atoms with Crippen LogP contribution in [-0.2, 0) is 6.42 Å². The number of H-pyrrole nitrogens is 1. The molecular formula is C29H20N6O3. The van der Waals surface area contributed by atoms with Crippen LogP contribution in [0.15, 0.2) is 102 Å². The number of nitrogens with zero attached hydrogens (tertiary/aromatic N) is 4. The van der Waals surface area contributed by atoms with Crippen LogP contribution in [0.5, 0.6) is 0 Å². The van der Waals surface area contributed by atoms with Crippen LogP contribution in [0.25, 0.3) is 27.6 Å². The van der Waals surface area contributed by atoms with Gasteiger partial charge in [-0.05, 0) is 53.2 Å². The zero-order valence-electron chi connectivity index (χ0n) is 20.0. The number of aromatic nitrogens is 5. The molecule has 0 aliphatic carbocycles. The van der Waals surface area contributed by atoms with Gasteiger partial charge in [0.15, 0.2) is 11.5 Å². The van der Waals surface area contributed by atoms with Crippen LogP contribution >= 0.6 is 0 Å². The number of carbonyl (C=O) groups is 2. The third-order valence-electron chi connectivity index (χ3n) is 6.15. The zero-order chi connectivity index (χ0) is 26.1. The van der Waals surface area contributed by atoms with Gasteiger partial charge in [-0.25, -0.2) is 15.0 Å². The van der Waals surface area contributed by atoms with Crippen LogP contribution in [0.1, 0.15) is 26.7 Å². The Bertz CT molecular complexity index is 1890. The van der Waals surface area contributed by atoms with E-state index < -0.39 is 5.56 Å². The molecule has 3 aromatic carbocycles. The number of amides is 1. The Morgan fingerprint density at radius 1 is 0.868 bits per heavy atom. The van der Waals surface area contributed by atoms with E-state index in [9.17, 15) is 14.4 Å². The topological polar surface area (TPSA) is 123 Å². The van der Waals surface area contributed by atoms with E-state index in [4.69, 9.17) is 0 Å². The Balaban J connectivity index is 1.37. The van der Waals surface area contributed by atoms with E-state index in [-0.39, 0.29) is 29.6 Å². The van der Waals surface area contributed by atoms with Crippen LogP contribution in [-0.4, -0.2) is 36.2 Å². The van der Waals surface area contributed by atoms with Crippen molar-refractivity contribution >= 4 is 39.3 Å². The Kier molecular flexibility index (Phi) is 5.78. The molecule has 0 atom stereocenters. The molecule has 9 nitrogen and oxygen atoms in total. The van der Waals surface area contributed by atoms with Crippen molar-refractivity contribution in [2.24, 2.45) is 0 Å². The highest BCUT2D eigenvalue weighted by Crippen LogP contribution is 2.20. The van der Waals surface area contributed by atoms with Crippen molar-refractivity contribution < 1.29 is 9.59 Å². The summed E-state index contributed by atoms with van der Waals surface area (Å²) in [6.07, 6.45) is 4.36. The molecule has 0 bridgehead atoms. The summed E-state index contributed by atoms with van der Waals surface area (Å²) in [5, 5.41) is 4.92. The molecule has 0 fully saturated rings. The third kappa shape index (κ3) is 4.33. The van der Waals surface area contributed by atoms with Gasteiger partial charge < -0.3 is 10.3 Å². The van der Waals surface area contributed by atoms with Gasteiger partial charge in [-0.3, -0.25) is 19.0 Å². The van der Waals surface area contributed by atoms with Crippen LogP contribution in [0.4, 0.5) is 5.69 Å². The molecule has 184 valence electrons. The summed E-state index contributed by atoms with van der Waals surface area (Å²) in [6, 6.07) is 23.7. The second kappa shape index (κ2) is 9.55. The number of fused-ring (bicyclic) bond motifs is 2. The summed E-state index contributed by atoms with van der Waals surface area (Å²) in [7, 11) is 0. The van der Waals surface area contributed by atoms with Crippen molar-refractivity contribution in [1.29, 1.82) is 0 Å². The van der Waals surface area contributed by atoms with Gasteiger partial charge in [0.25, 0.3) is 11.5 Å². The van der Waals surface area contributed by atoms with Crippen molar-refractivity contribution in [2.75, 3.05) is 5.32 Å². The van der Waals surface area contributed by atoms with Gasteiger partial charge in [-0.1, -0.05) is 36.4 Å². The molecule has 6 aromatic rings. The molecule has 2 N–H and O–H groups in total. The predicted octanol–water partition coefficient (Wildman–Crippen LogP) is 4.33. The summed E-state index contributed by atoms with van der Waals surface area (Å²) >= 11 is 0.